The Morgan fingerprint density at radius 1 is 1.40 bits per heavy atom. The van der Waals surface area contributed by atoms with E-state index in [1.54, 1.807) is 4.90 Å². The summed E-state index contributed by atoms with van der Waals surface area (Å²) < 4.78 is 5.27. The van der Waals surface area contributed by atoms with Crippen LogP contribution in [-0.4, -0.2) is 42.6 Å². The number of ether oxygens (including phenoxy) is 1. The molecule has 84 valence electrons. The SMILES string of the molecule is CC(C1CCOCC1)N1CC(=O)NC1=O. The molecule has 0 bridgehead atoms. The number of hydrogen-bond donors (Lipinski definition) is 1. The predicted molar refractivity (Wildman–Crippen MR) is 53.2 cm³/mol. The zero-order valence-electron chi connectivity index (χ0n) is 8.86. The third-order valence-corrected chi connectivity index (χ3v) is 3.26. The second-order valence-electron chi connectivity index (χ2n) is 4.17. The van der Waals surface area contributed by atoms with Crippen LogP contribution >= 0.6 is 0 Å². The van der Waals surface area contributed by atoms with Crippen LogP contribution in [0.4, 0.5) is 4.79 Å². The van der Waals surface area contributed by atoms with Gasteiger partial charge in [-0.15, -0.1) is 0 Å². The molecule has 2 aliphatic heterocycles. The van der Waals surface area contributed by atoms with Crippen LogP contribution in [0.3, 0.4) is 0 Å². The van der Waals surface area contributed by atoms with Gasteiger partial charge in [0, 0.05) is 19.3 Å². The van der Waals surface area contributed by atoms with Crippen LogP contribution < -0.4 is 5.32 Å². The standard InChI is InChI=1S/C10H16N2O3/c1-7(8-2-4-15-5-3-8)12-6-9(13)11-10(12)14/h7-8H,2-6H2,1H3,(H,11,13,14). The van der Waals surface area contributed by atoms with Crippen LogP contribution in [-0.2, 0) is 9.53 Å². The molecule has 5 nitrogen and oxygen atoms in total. The maximum Gasteiger partial charge on any atom is 0.324 e. The molecule has 3 amide bonds. The molecule has 2 fully saturated rings. The van der Waals surface area contributed by atoms with Gasteiger partial charge < -0.3 is 9.64 Å². The molecule has 1 atom stereocenters. The Bertz CT molecular complexity index is 274. The van der Waals surface area contributed by atoms with Crippen molar-refractivity contribution < 1.29 is 14.3 Å². The molecule has 15 heavy (non-hydrogen) atoms. The molecule has 0 aromatic heterocycles. The maximum atomic E-state index is 11.4. The minimum atomic E-state index is -0.251. The van der Waals surface area contributed by atoms with Crippen LogP contribution in [0.25, 0.3) is 0 Å². The van der Waals surface area contributed by atoms with Gasteiger partial charge in [-0.1, -0.05) is 0 Å². The third kappa shape index (κ3) is 2.12. The van der Waals surface area contributed by atoms with Gasteiger partial charge in [0.25, 0.3) is 0 Å². The number of carbonyl (C=O) groups excluding carboxylic acids is 2. The van der Waals surface area contributed by atoms with E-state index >= 15 is 0 Å². The van der Waals surface area contributed by atoms with E-state index in [0.29, 0.717) is 5.92 Å². The van der Waals surface area contributed by atoms with E-state index in [-0.39, 0.29) is 24.5 Å². The molecule has 0 aromatic carbocycles. The smallest absolute Gasteiger partial charge is 0.324 e. The molecular weight excluding hydrogens is 196 g/mol. The quantitative estimate of drug-likeness (QED) is 0.672. The fourth-order valence-corrected chi connectivity index (χ4v) is 2.24. The average Bonchev–Trinajstić information content (AvgIpc) is 2.58. The summed E-state index contributed by atoms with van der Waals surface area (Å²) in [6.45, 7) is 3.74. The average molecular weight is 212 g/mol. The Kier molecular flexibility index (Phi) is 2.90. The summed E-state index contributed by atoms with van der Waals surface area (Å²) in [5.74, 6) is 0.259. The predicted octanol–water partition coefficient (Wildman–Crippen LogP) is 0.353. The van der Waals surface area contributed by atoms with E-state index in [9.17, 15) is 9.59 Å². The number of urea groups is 1. The number of nitrogens with one attached hydrogen (secondary N) is 1. The normalized spacial score (nSPS) is 25.5. The number of amides is 3. The first-order valence-electron chi connectivity index (χ1n) is 5.36. The lowest BCUT2D eigenvalue weighted by molar-refractivity contribution is -0.118. The van der Waals surface area contributed by atoms with Gasteiger partial charge in [0.2, 0.25) is 5.91 Å². The van der Waals surface area contributed by atoms with E-state index < -0.39 is 0 Å². The summed E-state index contributed by atoms with van der Waals surface area (Å²) in [6.07, 6.45) is 1.94. The first kappa shape index (κ1) is 10.4. The van der Waals surface area contributed by atoms with Gasteiger partial charge >= 0.3 is 6.03 Å². The summed E-state index contributed by atoms with van der Waals surface area (Å²) in [5.41, 5.74) is 0. The van der Waals surface area contributed by atoms with E-state index in [2.05, 4.69) is 5.32 Å². The zero-order valence-corrected chi connectivity index (χ0v) is 8.86. The van der Waals surface area contributed by atoms with Crippen molar-refractivity contribution in [2.24, 2.45) is 5.92 Å². The van der Waals surface area contributed by atoms with Gasteiger partial charge in [0.15, 0.2) is 0 Å². The molecule has 2 saturated heterocycles. The van der Waals surface area contributed by atoms with Crippen molar-refractivity contribution in [2.45, 2.75) is 25.8 Å². The molecule has 0 spiro atoms. The summed E-state index contributed by atoms with van der Waals surface area (Å²) in [6, 6.07) is -0.126. The lowest BCUT2D eigenvalue weighted by atomic mass is 9.92. The lowest BCUT2D eigenvalue weighted by Crippen LogP contribution is -2.42. The van der Waals surface area contributed by atoms with Gasteiger partial charge in [-0.25, -0.2) is 4.79 Å². The number of nitrogens with zero attached hydrogens (tertiary/aromatic N) is 1. The van der Waals surface area contributed by atoms with Crippen LogP contribution in [0.15, 0.2) is 0 Å². The highest BCUT2D eigenvalue weighted by Gasteiger charge is 2.34. The molecule has 2 heterocycles. The van der Waals surface area contributed by atoms with Crippen LogP contribution in [0.5, 0.6) is 0 Å². The van der Waals surface area contributed by atoms with E-state index in [1.807, 2.05) is 6.92 Å². The molecule has 2 aliphatic rings. The largest absolute Gasteiger partial charge is 0.381 e. The highest BCUT2D eigenvalue weighted by molar-refractivity contribution is 6.02. The Hall–Kier alpha value is -1.10. The van der Waals surface area contributed by atoms with Gasteiger partial charge in [0.1, 0.15) is 6.54 Å². The van der Waals surface area contributed by atoms with Crippen molar-refractivity contribution in [1.82, 2.24) is 10.2 Å². The molecule has 0 radical (unpaired) electrons. The van der Waals surface area contributed by atoms with Gasteiger partial charge in [-0.2, -0.15) is 0 Å². The molecule has 5 heteroatoms. The molecule has 1 unspecified atom stereocenters. The molecule has 2 rings (SSSR count). The first-order chi connectivity index (χ1) is 7.18. The first-order valence-corrected chi connectivity index (χ1v) is 5.36. The summed E-state index contributed by atoms with van der Waals surface area (Å²) in [5, 5.41) is 2.30. The molecule has 1 N–H and O–H groups in total. The van der Waals surface area contributed by atoms with Crippen LogP contribution in [0.1, 0.15) is 19.8 Å². The second-order valence-corrected chi connectivity index (χ2v) is 4.17. The highest BCUT2D eigenvalue weighted by Crippen LogP contribution is 2.23. The lowest BCUT2D eigenvalue weighted by Gasteiger charge is -2.32. The highest BCUT2D eigenvalue weighted by atomic mass is 16.5. The third-order valence-electron chi connectivity index (χ3n) is 3.26. The maximum absolute atomic E-state index is 11.4. The Labute approximate surface area is 88.8 Å². The van der Waals surface area contributed by atoms with E-state index in [1.165, 1.54) is 0 Å². The van der Waals surface area contributed by atoms with Gasteiger partial charge in [-0.3, -0.25) is 10.1 Å². The minimum Gasteiger partial charge on any atom is -0.381 e. The number of hydrogen-bond acceptors (Lipinski definition) is 3. The van der Waals surface area contributed by atoms with Crippen molar-refractivity contribution in [1.29, 1.82) is 0 Å². The van der Waals surface area contributed by atoms with Crippen molar-refractivity contribution >= 4 is 11.9 Å². The minimum absolute atomic E-state index is 0.125. The number of rotatable bonds is 2. The van der Waals surface area contributed by atoms with Gasteiger partial charge in [-0.05, 0) is 25.7 Å². The zero-order chi connectivity index (χ0) is 10.8. The van der Waals surface area contributed by atoms with Crippen molar-refractivity contribution in [3.05, 3.63) is 0 Å². The fourth-order valence-electron chi connectivity index (χ4n) is 2.24. The van der Waals surface area contributed by atoms with Crippen molar-refractivity contribution in [3.63, 3.8) is 0 Å². The molecule has 0 aliphatic carbocycles. The molecular formula is C10H16N2O3. The second kappa shape index (κ2) is 4.18. The number of imide groups is 1. The molecule has 0 saturated carbocycles. The summed E-state index contributed by atoms with van der Waals surface area (Å²) >= 11 is 0. The van der Waals surface area contributed by atoms with Gasteiger partial charge in [0.05, 0.1) is 0 Å². The van der Waals surface area contributed by atoms with Crippen LogP contribution in [0, 0.1) is 5.92 Å². The van der Waals surface area contributed by atoms with Crippen LogP contribution in [0.2, 0.25) is 0 Å². The monoisotopic (exact) mass is 212 g/mol. The van der Waals surface area contributed by atoms with Crippen molar-refractivity contribution in [2.75, 3.05) is 19.8 Å². The number of carbonyl (C=O) groups is 2. The van der Waals surface area contributed by atoms with Crippen molar-refractivity contribution in [3.8, 4) is 0 Å². The molecule has 0 aromatic rings. The van der Waals surface area contributed by atoms with E-state index in [0.717, 1.165) is 26.1 Å². The Balaban J connectivity index is 1.97. The van der Waals surface area contributed by atoms with E-state index in [4.69, 9.17) is 4.74 Å². The Morgan fingerprint density at radius 3 is 2.60 bits per heavy atom. The summed E-state index contributed by atoms with van der Waals surface area (Å²) in [7, 11) is 0. The summed E-state index contributed by atoms with van der Waals surface area (Å²) in [4.78, 5) is 24.1. The fraction of sp³-hybridized carbons (Fsp3) is 0.800. The topological polar surface area (TPSA) is 58.6 Å². The Morgan fingerprint density at radius 2 is 2.07 bits per heavy atom.